The minimum atomic E-state index is -0.372. The first-order valence-electron chi connectivity index (χ1n) is 9.86. The molecule has 0 saturated carbocycles. The Kier molecular flexibility index (Phi) is 7.48. The molecule has 0 radical (unpaired) electrons. The second kappa shape index (κ2) is 10.5. The molecule has 34 heavy (non-hydrogen) atoms. The number of rotatable bonds is 6. The van der Waals surface area contributed by atoms with Gasteiger partial charge in [-0.3, -0.25) is 19.9 Å². The zero-order chi connectivity index (χ0) is 24.2. The van der Waals surface area contributed by atoms with E-state index in [1.165, 1.54) is 11.0 Å². The number of ether oxygens (including phenoxy) is 1. The molecular formula is C24H16Cl3N3O3S. The van der Waals surface area contributed by atoms with Gasteiger partial charge in [-0.1, -0.05) is 53.0 Å². The SMILES string of the molecule is N=C1S/C(=C\c2ccccc2OCC(=O)Nc2ccc(Cl)cc2)C(=O)N1c1ccc(Cl)c(Cl)c1. The van der Waals surface area contributed by atoms with Crippen LogP contribution in [0.3, 0.4) is 0 Å². The zero-order valence-electron chi connectivity index (χ0n) is 17.3. The highest BCUT2D eigenvalue weighted by Crippen LogP contribution is 2.38. The molecule has 0 atom stereocenters. The summed E-state index contributed by atoms with van der Waals surface area (Å²) in [5, 5.41) is 12.2. The van der Waals surface area contributed by atoms with E-state index < -0.39 is 0 Å². The lowest BCUT2D eigenvalue weighted by Gasteiger charge is -2.15. The Morgan fingerprint density at radius 1 is 1.03 bits per heavy atom. The first kappa shape index (κ1) is 24.2. The number of hydrogen-bond donors (Lipinski definition) is 2. The van der Waals surface area contributed by atoms with E-state index in [-0.39, 0.29) is 28.6 Å². The molecule has 10 heteroatoms. The van der Waals surface area contributed by atoms with Crippen molar-refractivity contribution >= 4 is 81.0 Å². The van der Waals surface area contributed by atoms with E-state index in [4.69, 9.17) is 44.9 Å². The van der Waals surface area contributed by atoms with Crippen molar-refractivity contribution in [3.05, 3.63) is 92.3 Å². The van der Waals surface area contributed by atoms with Gasteiger partial charge in [0.2, 0.25) is 0 Å². The van der Waals surface area contributed by atoms with Gasteiger partial charge in [0.15, 0.2) is 11.8 Å². The summed E-state index contributed by atoms with van der Waals surface area (Å²) in [5.41, 5.74) is 1.65. The fourth-order valence-electron chi connectivity index (χ4n) is 3.09. The summed E-state index contributed by atoms with van der Waals surface area (Å²) >= 11 is 18.9. The normalized spacial score (nSPS) is 14.6. The van der Waals surface area contributed by atoms with Crippen molar-refractivity contribution in [1.82, 2.24) is 0 Å². The van der Waals surface area contributed by atoms with Crippen LogP contribution in [0.4, 0.5) is 11.4 Å². The molecule has 3 aromatic rings. The smallest absolute Gasteiger partial charge is 0.271 e. The summed E-state index contributed by atoms with van der Waals surface area (Å²) in [6, 6.07) is 18.5. The Balaban J connectivity index is 1.48. The van der Waals surface area contributed by atoms with Gasteiger partial charge in [-0.15, -0.1) is 0 Å². The van der Waals surface area contributed by atoms with Crippen molar-refractivity contribution in [2.45, 2.75) is 0 Å². The van der Waals surface area contributed by atoms with Crippen LogP contribution in [0.1, 0.15) is 5.56 Å². The number of benzene rings is 3. The molecule has 0 aliphatic carbocycles. The lowest BCUT2D eigenvalue weighted by Crippen LogP contribution is -2.28. The number of halogens is 3. The van der Waals surface area contributed by atoms with E-state index in [1.54, 1.807) is 66.7 Å². The molecule has 0 bridgehead atoms. The Bertz CT molecular complexity index is 1310. The molecule has 0 aromatic heterocycles. The molecular weight excluding hydrogens is 517 g/mol. The van der Waals surface area contributed by atoms with Crippen LogP contribution in [0, 0.1) is 5.41 Å². The van der Waals surface area contributed by atoms with Crippen LogP contribution in [0.2, 0.25) is 15.1 Å². The molecule has 2 amide bonds. The second-order valence-corrected chi connectivity index (χ2v) is 9.32. The second-order valence-electron chi connectivity index (χ2n) is 7.04. The molecule has 1 aliphatic heterocycles. The molecule has 0 unspecified atom stereocenters. The lowest BCUT2D eigenvalue weighted by atomic mass is 10.2. The molecule has 6 nitrogen and oxygen atoms in total. The van der Waals surface area contributed by atoms with Crippen LogP contribution in [0.15, 0.2) is 71.6 Å². The minimum absolute atomic E-state index is 0.0374. The van der Waals surface area contributed by atoms with Crippen LogP contribution < -0.4 is 15.0 Å². The standard InChI is InChI=1S/C24H16Cl3N3O3S/c25-15-5-7-16(8-6-15)29-22(31)13-33-20-4-2-1-3-14(20)11-21-23(32)30(24(28)34-21)17-9-10-18(26)19(27)12-17/h1-12,28H,13H2,(H,29,31)/b21-11-,28-24?. The predicted octanol–water partition coefficient (Wildman–Crippen LogP) is 6.72. The Labute approximate surface area is 215 Å². The highest BCUT2D eigenvalue weighted by atomic mass is 35.5. The summed E-state index contributed by atoms with van der Waals surface area (Å²) in [6.07, 6.45) is 1.63. The van der Waals surface area contributed by atoms with Gasteiger partial charge in [-0.2, -0.15) is 0 Å². The molecule has 1 heterocycles. The number of anilines is 2. The van der Waals surface area contributed by atoms with E-state index in [2.05, 4.69) is 5.32 Å². The Morgan fingerprint density at radius 3 is 2.50 bits per heavy atom. The van der Waals surface area contributed by atoms with Crippen LogP contribution >= 0.6 is 46.6 Å². The minimum Gasteiger partial charge on any atom is -0.483 e. The number of carbonyl (C=O) groups is 2. The van der Waals surface area contributed by atoms with E-state index in [0.717, 1.165) is 11.8 Å². The van der Waals surface area contributed by atoms with Crippen molar-refractivity contribution in [3.63, 3.8) is 0 Å². The largest absolute Gasteiger partial charge is 0.483 e. The van der Waals surface area contributed by atoms with Crippen LogP contribution in [0.5, 0.6) is 5.75 Å². The van der Waals surface area contributed by atoms with Gasteiger partial charge in [-0.05, 0) is 66.4 Å². The molecule has 0 spiro atoms. The number of carbonyl (C=O) groups excluding carboxylic acids is 2. The third-order valence-electron chi connectivity index (χ3n) is 4.68. The molecule has 3 aromatic carbocycles. The van der Waals surface area contributed by atoms with Crippen molar-refractivity contribution in [2.75, 3.05) is 16.8 Å². The number of amides is 2. The number of para-hydroxylation sites is 1. The van der Waals surface area contributed by atoms with Crippen molar-refractivity contribution in [1.29, 1.82) is 5.41 Å². The van der Waals surface area contributed by atoms with E-state index in [1.807, 2.05) is 0 Å². The average Bonchev–Trinajstić information content (AvgIpc) is 3.09. The number of hydrogen-bond acceptors (Lipinski definition) is 5. The van der Waals surface area contributed by atoms with Crippen molar-refractivity contribution in [2.24, 2.45) is 0 Å². The fourth-order valence-corrected chi connectivity index (χ4v) is 4.36. The first-order chi connectivity index (χ1) is 16.3. The van der Waals surface area contributed by atoms with Crippen molar-refractivity contribution < 1.29 is 14.3 Å². The summed E-state index contributed by atoms with van der Waals surface area (Å²) in [5.74, 6) is -0.290. The zero-order valence-corrected chi connectivity index (χ0v) is 20.4. The summed E-state index contributed by atoms with van der Waals surface area (Å²) in [7, 11) is 0. The third kappa shape index (κ3) is 5.56. The number of nitrogens with zero attached hydrogens (tertiary/aromatic N) is 1. The van der Waals surface area contributed by atoms with Gasteiger partial charge in [0.1, 0.15) is 5.75 Å². The molecule has 4 rings (SSSR count). The van der Waals surface area contributed by atoms with Gasteiger partial charge in [-0.25, -0.2) is 0 Å². The number of amidine groups is 1. The van der Waals surface area contributed by atoms with Gasteiger partial charge in [0.05, 0.1) is 20.6 Å². The molecule has 1 aliphatic rings. The van der Waals surface area contributed by atoms with Gasteiger partial charge >= 0.3 is 0 Å². The third-order valence-corrected chi connectivity index (χ3v) is 6.56. The van der Waals surface area contributed by atoms with Gasteiger partial charge in [0.25, 0.3) is 11.8 Å². The lowest BCUT2D eigenvalue weighted by molar-refractivity contribution is -0.118. The van der Waals surface area contributed by atoms with E-state index >= 15 is 0 Å². The van der Waals surface area contributed by atoms with Gasteiger partial charge in [0, 0.05) is 16.3 Å². The maximum absolute atomic E-state index is 13.0. The molecule has 1 saturated heterocycles. The fraction of sp³-hybridized carbons (Fsp3) is 0.0417. The van der Waals surface area contributed by atoms with Crippen LogP contribution in [-0.4, -0.2) is 23.6 Å². The Hall–Kier alpha value is -2.97. The number of thioether (sulfide) groups is 1. The number of nitrogens with one attached hydrogen (secondary N) is 2. The monoisotopic (exact) mass is 531 g/mol. The van der Waals surface area contributed by atoms with Crippen LogP contribution in [-0.2, 0) is 9.59 Å². The topological polar surface area (TPSA) is 82.5 Å². The quantitative estimate of drug-likeness (QED) is 0.345. The van der Waals surface area contributed by atoms with Crippen LogP contribution in [0.25, 0.3) is 6.08 Å². The highest BCUT2D eigenvalue weighted by molar-refractivity contribution is 8.19. The summed E-state index contributed by atoms with van der Waals surface area (Å²) in [4.78, 5) is 26.9. The maximum atomic E-state index is 13.0. The molecule has 1 fully saturated rings. The van der Waals surface area contributed by atoms with E-state index in [9.17, 15) is 9.59 Å². The van der Waals surface area contributed by atoms with E-state index in [0.29, 0.717) is 37.6 Å². The molecule has 172 valence electrons. The first-order valence-corrected chi connectivity index (χ1v) is 11.8. The van der Waals surface area contributed by atoms with Gasteiger partial charge < -0.3 is 10.1 Å². The highest BCUT2D eigenvalue weighted by Gasteiger charge is 2.34. The Morgan fingerprint density at radius 2 is 1.76 bits per heavy atom. The molecule has 2 N–H and O–H groups in total. The predicted molar refractivity (Wildman–Crippen MR) is 139 cm³/mol. The maximum Gasteiger partial charge on any atom is 0.271 e. The van der Waals surface area contributed by atoms with Crippen molar-refractivity contribution in [3.8, 4) is 5.75 Å². The average molecular weight is 533 g/mol. The summed E-state index contributed by atoms with van der Waals surface area (Å²) in [6.45, 7) is -0.227. The summed E-state index contributed by atoms with van der Waals surface area (Å²) < 4.78 is 5.70.